The summed E-state index contributed by atoms with van der Waals surface area (Å²) in [7, 11) is 0. The summed E-state index contributed by atoms with van der Waals surface area (Å²) in [6.07, 6.45) is 3.05. The van der Waals surface area contributed by atoms with Crippen LogP contribution in [0.1, 0.15) is 32.6 Å². The van der Waals surface area contributed by atoms with Crippen LogP contribution in [-0.4, -0.2) is 29.9 Å². The number of hydrogen-bond donors (Lipinski definition) is 3. The van der Waals surface area contributed by atoms with Gasteiger partial charge in [0.15, 0.2) is 0 Å². The fourth-order valence-electron chi connectivity index (χ4n) is 2.45. The number of anilines is 1. The first-order valence-electron chi connectivity index (χ1n) is 7.16. The smallest absolute Gasteiger partial charge is 0.319 e. The van der Waals surface area contributed by atoms with Gasteiger partial charge in [-0.1, -0.05) is 0 Å². The van der Waals surface area contributed by atoms with E-state index < -0.39 is 0 Å². The van der Waals surface area contributed by atoms with Crippen molar-refractivity contribution in [2.24, 2.45) is 0 Å². The SMILES string of the molecule is CCOc1ccc(NC(=O)N[C@H]2CCC[C@@H](O)C2)cc1. The van der Waals surface area contributed by atoms with E-state index in [1.807, 2.05) is 19.1 Å². The van der Waals surface area contributed by atoms with Crippen LogP contribution in [0.15, 0.2) is 24.3 Å². The van der Waals surface area contributed by atoms with Crippen molar-refractivity contribution in [3.8, 4) is 5.75 Å². The Kier molecular flexibility index (Phi) is 5.24. The molecule has 2 amide bonds. The summed E-state index contributed by atoms with van der Waals surface area (Å²) in [4.78, 5) is 11.9. The summed E-state index contributed by atoms with van der Waals surface area (Å²) in [6.45, 7) is 2.55. The van der Waals surface area contributed by atoms with Crippen molar-refractivity contribution in [3.63, 3.8) is 0 Å². The molecule has 0 aliphatic heterocycles. The summed E-state index contributed by atoms with van der Waals surface area (Å²) in [5.41, 5.74) is 0.724. The van der Waals surface area contributed by atoms with Crippen LogP contribution in [0.25, 0.3) is 0 Å². The molecule has 0 aromatic heterocycles. The van der Waals surface area contributed by atoms with Crippen molar-refractivity contribution >= 4 is 11.7 Å². The molecule has 20 heavy (non-hydrogen) atoms. The molecule has 0 saturated heterocycles. The number of carbonyl (C=O) groups excluding carboxylic acids is 1. The van der Waals surface area contributed by atoms with E-state index in [2.05, 4.69) is 10.6 Å². The molecule has 0 unspecified atom stereocenters. The molecule has 1 aromatic carbocycles. The Bertz CT molecular complexity index is 433. The lowest BCUT2D eigenvalue weighted by Gasteiger charge is -2.26. The highest BCUT2D eigenvalue weighted by Gasteiger charge is 2.21. The van der Waals surface area contributed by atoms with Gasteiger partial charge in [-0.3, -0.25) is 0 Å². The van der Waals surface area contributed by atoms with Crippen LogP contribution in [0, 0.1) is 0 Å². The minimum absolute atomic E-state index is 0.0569. The summed E-state index contributed by atoms with van der Waals surface area (Å²) >= 11 is 0. The number of rotatable bonds is 4. The normalized spacial score (nSPS) is 22.1. The molecule has 5 nitrogen and oxygen atoms in total. The maximum absolute atomic E-state index is 11.9. The highest BCUT2D eigenvalue weighted by Crippen LogP contribution is 2.19. The first kappa shape index (κ1) is 14.7. The summed E-state index contributed by atoms with van der Waals surface area (Å²) in [5.74, 6) is 0.786. The van der Waals surface area contributed by atoms with Crippen molar-refractivity contribution in [2.45, 2.75) is 44.8 Å². The van der Waals surface area contributed by atoms with Crippen molar-refractivity contribution in [1.82, 2.24) is 5.32 Å². The standard InChI is InChI=1S/C15H22N2O3/c1-2-20-14-8-6-11(7-9-14)16-15(19)17-12-4-3-5-13(18)10-12/h6-9,12-13,18H,2-5,10H2,1H3,(H2,16,17,19)/t12-,13+/m0/s1. The lowest BCUT2D eigenvalue weighted by Crippen LogP contribution is -2.41. The van der Waals surface area contributed by atoms with E-state index in [0.29, 0.717) is 13.0 Å². The van der Waals surface area contributed by atoms with Gasteiger partial charge in [0.2, 0.25) is 0 Å². The van der Waals surface area contributed by atoms with E-state index >= 15 is 0 Å². The summed E-state index contributed by atoms with van der Waals surface area (Å²) in [5, 5.41) is 15.3. The second kappa shape index (κ2) is 7.14. The maximum atomic E-state index is 11.9. The Hall–Kier alpha value is -1.75. The van der Waals surface area contributed by atoms with Gasteiger partial charge in [-0.15, -0.1) is 0 Å². The molecule has 2 atom stereocenters. The molecule has 5 heteroatoms. The molecule has 3 N–H and O–H groups in total. The number of carbonyl (C=O) groups is 1. The summed E-state index contributed by atoms with van der Waals surface area (Å²) in [6, 6.07) is 7.09. The molecular weight excluding hydrogens is 256 g/mol. The number of amides is 2. The van der Waals surface area contributed by atoms with Gasteiger partial charge in [-0.05, 0) is 56.9 Å². The monoisotopic (exact) mass is 278 g/mol. The molecule has 1 aromatic rings. The lowest BCUT2D eigenvalue weighted by molar-refractivity contribution is 0.114. The average molecular weight is 278 g/mol. The number of benzene rings is 1. The Labute approximate surface area is 119 Å². The predicted octanol–water partition coefficient (Wildman–Crippen LogP) is 2.51. The van der Waals surface area contributed by atoms with E-state index in [1.165, 1.54) is 0 Å². The molecule has 1 saturated carbocycles. The van der Waals surface area contributed by atoms with Crippen LogP contribution in [0.3, 0.4) is 0 Å². The first-order chi connectivity index (χ1) is 9.67. The zero-order valence-electron chi connectivity index (χ0n) is 11.8. The second-order valence-electron chi connectivity index (χ2n) is 5.07. The van der Waals surface area contributed by atoms with E-state index in [1.54, 1.807) is 12.1 Å². The largest absolute Gasteiger partial charge is 0.494 e. The zero-order chi connectivity index (χ0) is 14.4. The van der Waals surface area contributed by atoms with Gasteiger partial charge < -0.3 is 20.5 Å². The maximum Gasteiger partial charge on any atom is 0.319 e. The molecule has 0 spiro atoms. The number of urea groups is 1. The van der Waals surface area contributed by atoms with Crippen LogP contribution in [-0.2, 0) is 0 Å². The van der Waals surface area contributed by atoms with Gasteiger partial charge in [0.25, 0.3) is 0 Å². The van der Waals surface area contributed by atoms with Crippen molar-refractivity contribution in [2.75, 3.05) is 11.9 Å². The van der Waals surface area contributed by atoms with Gasteiger partial charge in [-0.2, -0.15) is 0 Å². The van der Waals surface area contributed by atoms with E-state index in [-0.39, 0.29) is 18.2 Å². The van der Waals surface area contributed by atoms with Gasteiger partial charge in [0.05, 0.1) is 12.7 Å². The van der Waals surface area contributed by atoms with Crippen LogP contribution in [0.2, 0.25) is 0 Å². The Morgan fingerprint density at radius 2 is 2.10 bits per heavy atom. The average Bonchev–Trinajstić information content (AvgIpc) is 2.41. The second-order valence-corrected chi connectivity index (χ2v) is 5.07. The molecule has 1 aliphatic rings. The molecule has 2 rings (SSSR count). The van der Waals surface area contributed by atoms with Gasteiger partial charge in [0, 0.05) is 11.7 Å². The zero-order valence-corrected chi connectivity index (χ0v) is 11.8. The third kappa shape index (κ3) is 4.42. The minimum atomic E-state index is -0.292. The number of ether oxygens (including phenoxy) is 1. The van der Waals surface area contributed by atoms with Crippen LogP contribution < -0.4 is 15.4 Å². The quantitative estimate of drug-likeness (QED) is 0.792. The lowest BCUT2D eigenvalue weighted by atomic mass is 9.93. The van der Waals surface area contributed by atoms with E-state index in [9.17, 15) is 9.90 Å². The third-order valence-electron chi connectivity index (χ3n) is 3.40. The molecule has 0 bridgehead atoms. The fraction of sp³-hybridized carbons (Fsp3) is 0.533. The molecular formula is C15H22N2O3. The van der Waals surface area contributed by atoms with E-state index in [4.69, 9.17) is 4.74 Å². The van der Waals surface area contributed by atoms with Gasteiger partial charge >= 0.3 is 6.03 Å². The molecule has 1 aliphatic carbocycles. The number of nitrogens with one attached hydrogen (secondary N) is 2. The predicted molar refractivity (Wildman–Crippen MR) is 78.0 cm³/mol. The van der Waals surface area contributed by atoms with E-state index in [0.717, 1.165) is 30.7 Å². The highest BCUT2D eigenvalue weighted by molar-refractivity contribution is 5.89. The fourth-order valence-corrected chi connectivity index (χ4v) is 2.45. The minimum Gasteiger partial charge on any atom is -0.494 e. The van der Waals surface area contributed by atoms with Crippen molar-refractivity contribution < 1.29 is 14.6 Å². The number of aliphatic hydroxyl groups is 1. The Morgan fingerprint density at radius 3 is 2.75 bits per heavy atom. The number of hydrogen-bond acceptors (Lipinski definition) is 3. The van der Waals surface area contributed by atoms with Crippen LogP contribution in [0.5, 0.6) is 5.75 Å². The third-order valence-corrected chi connectivity index (χ3v) is 3.40. The van der Waals surface area contributed by atoms with Crippen LogP contribution >= 0.6 is 0 Å². The number of aliphatic hydroxyl groups excluding tert-OH is 1. The molecule has 110 valence electrons. The molecule has 0 radical (unpaired) electrons. The molecule has 0 heterocycles. The van der Waals surface area contributed by atoms with Crippen molar-refractivity contribution in [3.05, 3.63) is 24.3 Å². The summed E-state index contributed by atoms with van der Waals surface area (Å²) < 4.78 is 5.34. The van der Waals surface area contributed by atoms with Crippen molar-refractivity contribution in [1.29, 1.82) is 0 Å². The topological polar surface area (TPSA) is 70.6 Å². The molecule has 1 fully saturated rings. The Morgan fingerprint density at radius 1 is 1.35 bits per heavy atom. The Balaban J connectivity index is 1.81. The van der Waals surface area contributed by atoms with Gasteiger partial charge in [0.1, 0.15) is 5.75 Å². The highest BCUT2D eigenvalue weighted by atomic mass is 16.5. The van der Waals surface area contributed by atoms with Crippen LogP contribution in [0.4, 0.5) is 10.5 Å². The first-order valence-corrected chi connectivity index (χ1v) is 7.16. The van der Waals surface area contributed by atoms with Gasteiger partial charge in [-0.25, -0.2) is 4.79 Å².